The Balaban J connectivity index is 0.000000216. The molecule has 0 bridgehead atoms. The fourth-order valence-electron chi connectivity index (χ4n) is 3.23. The third-order valence-corrected chi connectivity index (χ3v) is 4.54. The van der Waals surface area contributed by atoms with Gasteiger partial charge in [0.1, 0.15) is 18.0 Å². The fourth-order valence-corrected chi connectivity index (χ4v) is 3.23. The largest absolute Gasteiger partial charge is 0.506 e. The van der Waals surface area contributed by atoms with E-state index >= 15 is 0 Å². The Morgan fingerprint density at radius 1 is 1.33 bits per heavy atom. The molecule has 144 valence electrons. The summed E-state index contributed by atoms with van der Waals surface area (Å²) in [4.78, 5) is 24.1. The van der Waals surface area contributed by atoms with E-state index in [2.05, 4.69) is 0 Å². The number of nitrogens with zero attached hydrogens (tertiary/aromatic N) is 1. The summed E-state index contributed by atoms with van der Waals surface area (Å²) in [5.41, 5.74) is -0.236. The summed E-state index contributed by atoms with van der Waals surface area (Å²) in [5, 5.41) is 10.6. The second kappa shape index (κ2) is 8.26. The molecule has 1 N–H and O–H groups in total. The van der Waals surface area contributed by atoms with E-state index in [0.717, 1.165) is 13.0 Å². The highest BCUT2D eigenvalue weighted by Gasteiger charge is 2.30. The topological polar surface area (TPSA) is 87.0 Å². The smallest absolute Gasteiger partial charge is 0.347 e. The lowest BCUT2D eigenvalue weighted by Crippen LogP contribution is -2.27. The highest BCUT2D eigenvalue weighted by atomic mass is 16.6. The van der Waals surface area contributed by atoms with E-state index in [9.17, 15) is 14.7 Å². The maximum atomic E-state index is 12.3. The van der Waals surface area contributed by atoms with E-state index in [1.54, 1.807) is 44.4 Å². The van der Waals surface area contributed by atoms with Gasteiger partial charge >= 0.3 is 5.97 Å². The molecule has 0 aliphatic carbocycles. The van der Waals surface area contributed by atoms with Gasteiger partial charge in [0, 0.05) is 18.4 Å². The van der Waals surface area contributed by atoms with Gasteiger partial charge < -0.3 is 23.9 Å². The molecular formula is C20H23NO6. The van der Waals surface area contributed by atoms with E-state index in [4.69, 9.17) is 14.2 Å². The second-order valence-corrected chi connectivity index (χ2v) is 6.14. The third kappa shape index (κ3) is 3.68. The van der Waals surface area contributed by atoms with Crippen LogP contribution in [0.4, 0.5) is 0 Å². The number of hydrogen-bond acceptors (Lipinski definition) is 6. The number of carbonyl (C=O) groups is 1. The molecule has 27 heavy (non-hydrogen) atoms. The van der Waals surface area contributed by atoms with Crippen LogP contribution in [-0.4, -0.2) is 41.1 Å². The molecule has 0 spiro atoms. The van der Waals surface area contributed by atoms with Crippen LogP contribution >= 0.6 is 0 Å². The molecule has 0 radical (unpaired) electrons. The summed E-state index contributed by atoms with van der Waals surface area (Å²) in [7, 11) is 0. The Morgan fingerprint density at radius 2 is 2.11 bits per heavy atom. The summed E-state index contributed by atoms with van der Waals surface area (Å²) >= 11 is 0. The van der Waals surface area contributed by atoms with Crippen molar-refractivity contribution in [1.82, 2.24) is 4.57 Å². The van der Waals surface area contributed by atoms with Crippen molar-refractivity contribution in [2.45, 2.75) is 39.0 Å². The first-order valence-electron chi connectivity index (χ1n) is 9.03. The molecule has 7 heteroatoms. The van der Waals surface area contributed by atoms with Crippen molar-refractivity contribution in [2.75, 3.05) is 13.2 Å². The lowest BCUT2D eigenvalue weighted by atomic mass is 10.1. The molecule has 7 nitrogen and oxygen atoms in total. The van der Waals surface area contributed by atoms with Gasteiger partial charge in [0.25, 0.3) is 5.56 Å². The van der Waals surface area contributed by atoms with Crippen molar-refractivity contribution in [3.05, 3.63) is 52.5 Å². The van der Waals surface area contributed by atoms with Crippen LogP contribution in [0.2, 0.25) is 0 Å². The first kappa shape index (κ1) is 19.0. The molecule has 4 rings (SSSR count). The quantitative estimate of drug-likeness (QED) is 0.832. The predicted octanol–water partition coefficient (Wildman–Crippen LogP) is 2.59. The Bertz CT molecular complexity index is 917. The van der Waals surface area contributed by atoms with Crippen molar-refractivity contribution in [3.8, 4) is 5.75 Å². The van der Waals surface area contributed by atoms with Crippen molar-refractivity contribution in [2.24, 2.45) is 0 Å². The number of esters is 1. The minimum atomic E-state index is -0.794. The average molecular weight is 373 g/mol. The van der Waals surface area contributed by atoms with Gasteiger partial charge in [-0.3, -0.25) is 4.79 Å². The number of hydrogen-bond donors (Lipinski definition) is 1. The number of carbonyl (C=O) groups excluding carboxylic acids is 1. The standard InChI is InChI=1S/C14H15NO4.C6H8O2/c1-3-15-10-8-6-5-7-9(10)12(16)11(13(15)17)14(18)19-4-2;1-3-7-6-2-4-8-5(1)6/h5-8,16H,3-4H2,1-2H3;1,3,5-6H,2,4H2/t;5-,6-/m.1/s1. The molecular weight excluding hydrogens is 350 g/mol. The summed E-state index contributed by atoms with van der Waals surface area (Å²) in [6.45, 7) is 4.87. The molecule has 1 fully saturated rings. The molecule has 1 aromatic heterocycles. The van der Waals surface area contributed by atoms with Crippen molar-refractivity contribution < 1.29 is 24.1 Å². The summed E-state index contributed by atoms with van der Waals surface area (Å²) in [5.74, 6) is -1.11. The molecule has 3 heterocycles. The van der Waals surface area contributed by atoms with Gasteiger partial charge in [-0.15, -0.1) is 0 Å². The zero-order valence-corrected chi connectivity index (χ0v) is 15.4. The van der Waals surface area contributed by atoms with Gasteiger partial charge in [0.2, 0.25) is 0 Å². The van der Waals surface area contributed by atoms with Crippen molar-refractivity contribution in [1.29, 1.82) is 0 Å². The van der Waals surface area contributed by atoms with Gasteiger partial charge in [-0.25, -0.2) is 4.79 Å². The van der Waals surface area contributed by atoms with Crippen LogP contribution < -0.4 is 5.56 Å². The number of aromatic hydroxyl groups is 1. The molecule has 1 saturated heterocycles. The Morgan fingerprint density at radius 3 is 2.81 bits per heavy atom. The zero-order chi connectivity index (χ0) is 19.4. The predicted molar refractivity (Wildman–Crippen MR) is 99.9 cm³/mol. The third-order valence-electron chi connectivity index (χ3n) is 4.54. The molecule has 1 aromatic carbocycles. The number of aromatic nitrogens is 1. The highest BCUT2D eigenvalue weighted by molar-refractivity contribution is 5.99. The summed E-state index contributed by atoms with van der Waals surface area (Å²) in [6, 6.07) is 6.91. The van der Waals surface area contributed by atoms with Crippen LogP contribution in [-0.2, 0) is 20.8 Å². The van der Waals surface area contributed by atoms with Crippen LogP contribution in [0.5, 0.6) is 5.75 Å². The van der Waals surface area contributed by atoms with E-state index in [0.29, 0.717) is 23.6 Å². The lowest BCUT2D eigenvalue weighted by molar-refractivity contribution is 0.0520. The highest BCUT2D eigenvalue weighted by Crippen LogP contribution is 2.26. The number of rotatable bonds is 3. The van der Waals surface area contributed by atoms with Crippen LogP contribution in [0.3, 0.4) is 0 Å². The maximum Gasteiger partial charge on any atom is 0.347 e. The first-order chi connectivity index (χ1) is 13.1. The van der Waals surface area contributed by atoms with Crippen LogP contribution in [0.25, 0.3) is 10.9 Å². The number of fused-ring (bicyclic) bond motifs is 2. The van der Waals surface area contributed by atoms with Gasteiger partial charge in [-0.1, -0.05) is 12.1 Å². The number of aryl methyl sites for hydroxylation is 1. The van der Waals surface area contributed by atoms with Gasteiger partial charge in [-0.05, 0) is 32.1 Å². The number of ether oxygens (including phenoxy) is 3. The van der Waals surface area contributed by atoms with E-state index in [1.165, 1.54) is 4.57 Å². The molecule has 2 atom stereocenters. The monoisotopic (exact) mass is 373 g/mol. The Kier molecular flexibility index (Phi) is 5.81. The van der Waals surface area contributed by atoms with E-state index < -0.39 is 11.5 Å². The minimum absolute atomic E-state index is 0.149. The van der Waals surface area contributed by atoms with E-state index in [1.807, 2.05) is 6.08 Å². The maximum absolute atomic E-state index is 12.3. The second-order valence-electron chi connectivity index (χ2n) is 6.14. The molecule has 2 aromatic rings. The normalized spacial score (nSPS) is 19.9. The zero-order valence-electron chi connectivity index (χ0n) is 15.4. The lowest BCUT2D eigenvalue weighted by Gasteiger charge is -2.12. The number of pyridine rings is 1. The van der Waals surface area contributed by atoms with Crippen LogP contribution in [0, 0.1) is 0 Å². The first-order valence-corrected chi connectivity index (χ1v) is 9.03. The number of para-hydroxylation sites is 1. The van der Waals surface area contributed by atoms with Crippen molar-refractivity contribution >= 4 is 16.9 Å². The SMILES string of the molecule is C1=C[C@H]2OCC[C@H]2O1.CCOC(=O)c1c(O)c2ccccc2n(CC)c1=O. The van der Waals surface area contributed by atoms with E-state index in [-0.39, 0.29) is 24.0 Å². The molecule has 2 aliphatic heterocycles. The average Bonchev–Trinajstić information content (AvgIpc) is 3.28. The van der Waals surface area contributed by atoms with Gasteiger partial charge in [0.05, 0.1) is 25.0 Å². The fraction of sp³-hybridized carbons (Fsp3) is 0.400. The molecule has 2 aliphatic rings. The van der Waals surface area contributed by atoms with Gasteiger partial charge in [0.15, 0.2) is 5.56 Å². The minimum Gasteiger partial charge on any atom is -0.506 e. The Hall–Kier alpha value is -2.80. The molecule has 0 amide bonds. The van der Waals surface area contributed by atoms with Gasteiger partial charge in [-0.2, -0.15) is 0 Å². The molecule has 0 saturated carbocycles. The number of benzene rings is 1. The molecule has 0 unspecified atom stereocenters. The van der Waals surface area contributed by atoms with Crippen LogP contribution in [0.15, 0.2) is 41.4 Å². The summed E-state index contributed by atoms with van der Waals surface area (Å²) < 4.78 is 16.7. The Labute approximate surface area is 156 Å². The summed E-state index contributed by atoms with van der Waals surface area (Å²) in [6.07, 6.45) is 5.37. The van der Waals surface area contributed by atoms with Crippen molar-refractivity contribution in [3.63, 3.8) is 0 Å². The van der Waals surface area contributed by atoms with Crippen LogP contribution in [0.1, 0.15) is 30.6 Å².